The van der Waals surface area contributed by atoms with Crippen molar-refractivity contribution in [1.29, 1.82) is 0 Å². The van der Waals surface area contributed by atoms with Crippen molar-refractivity contribution in [3.63, 3.8) is 0 Å². The van der Waals surface area contributed by atoms with Gasteiger partial charge in [-0.2, -0.15) is 11.3 Å². The molecule has 0 bridgehead atoms. The molecule has 2 aliphatic rings. The standard InChI is InChI=1S/C17H23N5OS/c23-17(18-14-7-10-24-12-14)21-8-4-5-13(11-21)16-20-19-15-6-2-1-3-9-22(15)16/h7,10,12-13H,1-6,8-9,11H2,(H,18,23). The third-order valence-corrected chi connectivity index (χ3v) is 5.67. The third kappa shape index (κ3) is 3.17. The molecule has 4 rings (SSSR count). The predicted octanol–water partition coefficient (Wildman–Crippen LogP) is 3.48. The molecule has 4 heterocycles. The lowest BCUT2D eigenvalue weighted by Gasteiger charge is -2.32. The number of anilines is 1. The van der Waals surface area contributed by atoms with Gasteiger partial charge in [-0.05, 0) is 37.1 Å². The van der Waals surface area contributed by atoms with Gasteiger partial charge in [-0.25, -0.2) is 4.79 Å². The number of nitrogens with zero attached hydrogens (tertiary/aromatic N) is 4. The summed E-state index contributed by atoms with van der Waals surface area (Å²) in [6.07, 6.45) is 6.81. The molecular formula is C17H23N5OS. The van der Waals surface area contributed by atoms with Crippen molar-refractivity contribution in [2.24, 2.45) is 0 Å². The Bertz CT molecular complexity index is 696. The Balaban J connectivity index is 1.47. The number of urea groups is 1. The van der Waals surface area contributed by atoms with Crippen LogP contribution in [0.25, 0.3) is 0 Å². The summed E-state index contributed by atoms with van der Waals surface area (Å²) < 4.78 is 2.32. The van der Waals surface area contributed by atoms with E-state index in [0.717, 1.165) is 56.2 Å². The van der Waals surface area contributed by atoms with Crippen molar-refractivity contribution in [3.05, 3.63) is 28.5 Å². The van der Waals surface area contributed by atoms with Crippen LogP contribution in [0.3, 0.4) is 0 Å². The second kappa shape index (κ2) is 6.93. The van der Waals surface area contributed by atoms with Gasteiger partial charge in [0, 0.05) is 37.4 Å². The molecule has 0 saturated carbocycles. The predicted molar refractivity (Wildman–Crippen MR) is 94.5 cm³/mol. The highest BCUT2D eigenvalue weighted by Crippen LogP contribution is 2.28. The lowest BCUT2D eigenvalue weighted by atomic mass is 9.97. The Labute approximate surface area is 145 Å². The van der Waals surface area contributed by atoms with E-state index in [2.05, 4.69) is 20.1 Å². The Hall–Kier alpha value is -1.89. The molecule has 0 spiro atoms. The molecule has 2 aliphatic heterocycles. The van der Waals surface area contributed by atoms with E-state index in [1.807, 2.05) is 21.7 Å². The molecule has 0 aromatic carbocycles. The highest BCUT2D eigenvalue weighted by Gasteiger charge is 2.29. The monoisotopic (exact) mass is 345 g/mol. The van der Waals surface area contributed by atoms with Crippen molar-refractivity contribution in [2.75, 3.05) is 18.4 Å². The van der Waals surface area contributed by atoms with Gasteiger partial charge in [-0.3, -0.25) is 0 Å². The van der Waals surface area contributed by atoms with Crippen LogP contribution in [0.5, 0.6) is 0 Å². The summed E-state index contributed by atoms with van der Waals surface area (Å²) in [7, 11) is 0. The summed E-state index contributed by atoms with van der Waals surface area (Å²) in [5.74, 6) is 2.51. The summed E-state index contributed by atoms with van der Waals surface area (Å²) in [6, 6.07) is 1.93. The number of hydrogen-bond acceptors (Lipinski definition) is 4. The Morgan fingerprint density at radius 1 is 1.21 bits per heavy atom. The molecule has 7 heteroatoms. The van der Waals surface area contributed by atoms with Gasteiger partial charge in [0.1, 0.15) is 11.6 Å². The number of thiophene rings is 1. The summed E-state index contributed by atoms with van der Waals surface area (Å²) in [5.41, 5.74) is 0.878. The minimum atomic E-state index is -0.00583. The molecule has 1 atom stereocenters. The maximum absolute atomic E-state index is 12.5. The summed E-state index contributed by atoms with van der Waals surface area (Å²) in [4.78, 5) is 14.4. The maximum Gasteiger partial charge on any atom is 0.321 e. The Kier molecular flexibility index (Phi) is 4.51. The summed E-state index contributed by atoms with van der Waals surface area (Å²) >= 11 is 1.59. The van der Waals surface area contributed by atoms with Crippen LogP contribution in [0.15, 0.2) is 16.8 Å². The zero-order valence-corrected chi connectivity index (χ0v) is 14.6. The number of fused-ring (bicyclic) bond motifs is 1. The minimum Gasteiger partial charge on any atom is -0.324 e. The van der Waals surface area contributed by atoms with E-state index in [4.69, 9.17) is 0 Å². The van der Waals surface area contributed by atoms with Crippen molar-refractivity contribution >= 4 is 23.1 Å². The molecule has 128 valence electrons. The van der Waals surface area contributed by atoms with Crippen molar-refractivity contribution in [3.8, 4) is 0 Å². The van der Waals surface area contributed by atoms with Gasteiger partial charge in [0.05, 0.1) is 5.69 Å². The zero-order chi connectivity index (χ0) is 16.4. The number of rotatable bonds is 2. The molecule has 1 saturated heterocycles. The average molecular weight is 345 g/mol. The molecule has 0 radical (unpaired) electrons. The first-order valence-electron chi connectivity index (χ1n) is 8.81. The van der Waals surface area contributed by atoms with E-state index in [-0.39, 0.29) is 6.03 Å². The molecule has 1 unspecified atom stereocenters. The van der Waals surface area contributed by atoms with Crippen molar-refractivity contribution in [2.45, 2.75) is 51.0 Å². The molecule has 24 heavy (non-hydrogen) atoms. The van der Waals surface area contributed by atoms with Gasteiger partial charge in [0.15, 0.2) is 0 Å². The topological polar surface area (TPSA) is 63.1 Å². The average Bonchev–Trinajstić information content (AvgIpc) is 3.20. The van der Waals surface area contributed by atoms with E-state index in [1.54, 1.807) is 11.3 Å². The normalized spacial score (nSPS) is 21.2. The molecule has 6 nitrogen and oxygen atoms in total. The Morgan fingerprint density at radius 2 is 2.17 bits per heavy atom. The molecular weight excluding hydrogens is 322 g/mol. The number of aryl methyl sites for hydroxylation is 1. The lowest BCUT2D eigenvalue weighted by molar-refractivity contribution is 0.190. The Morgan fingerprint density at radius 3 is 3.04 bits per heavy atom. The minimum absolute atomic E-state index is 0.00583. The number of amides is 2. The second-order valence-corrected chi connectivity index (χ2v) is 7.44. The molecule has 2 aromatic rings. The van der Waals surface area contributed by atoms with E-state index >= 15 is 0 Å². The quantitative estimate of drug-likeness (QED) is 0.906. The first-order valence-corrected chi connectivity index (χ1v) is 9.75. The smallest absolute Gasteiger partial charge is 0.321 e. The van der Waals surface area contributed by atoms with Crippen LogP contribution >= 0.6 is 11.3 Å². The van der Waals surface area contributed by atoms with Crippen LogP contribution in [-0.4, -0.2) is 38.8 Å². The highest BCUT2D eigenvalue weighted by atomic mass is 32.1. The van der Waals surface area contributed by atoms with Crippen LogP contribution in [0, 0.1) is 0 Å². The number of piperidine rings is 1. The third-order valence-electron chi connectivity index (χ3n) is 4.98. The number of hydrogen-bond donors (Lipinski definition) is 1. The summed E-state index contributed by atoms with van der Waals surface area (Å²) in [5, 5.41) is 15.8. The van der Waals surface area contributed by atoms with E-state index < -0.39 is 0 Å². The van der Waals surface area contributed by atoms with Crippen LogP contribution in [0.1, 0.15) is 49.7 Å². The van der Waals surface area contributed by atoms with E-state index in [9.17, 15) is 4.79 Å². The fourth-order valence-corrected chi connectivity index (χ4v) is 4.31. The zero-order valence-electron chi connectivity index (χ0n) is 13.8. The fourth-order valence-electron chi connectivity index (χ4n) is 3.72. The number of likely N-dealkylation sites (tertiary alicyclic amines) is 1. The first kappa shape index (κ1) is 15.6. The van der Waals surface area contributed by atoms with Gasteiger partial charge < -0.3 is 14.8 Å². The van der Waals surface area contributed by atoms with Crippen molar-refractivity contribution in [1.82, 2.24) is 19.7 Å². The first-order chi connectivity index (χ1) is 11.8. The van der Waals surface area contributed by atoms with Crippen LogP contribution in [-0.2, 0) is 13.0 Å². The molecule has 1 fully saturated rings. The molecule has 1 N–H and O–H groups in total. The van der Waals surface area contributed by atoms with E-state index in [1.165, 1.54) is 19.3 Å². The van der Waals surface area contributed by atoms with Gasteiger partial charge in [0.25, 0.3) is 0 Å². The van der Waals surface area contributed by atoms with Gasteiger partial charge >= 0.3 is 6.03 Å². The molecule has 2 aromatic heterocycles. The van der Waals surface area contributed by atoms with Crippen LogP contribution in [0.4, 0.5) is 10.5 Å². The van der Waals surface area contributed by atoms with Gasteiger partial charge in [0.2, 0.25) is 0 Å². The van der Waals surface area contributed by atoms with Gasteiger partial charge in [-0.1, -0.05) is 6.42 Å². The largest absolute Gasteiger partial charge is 0.324 e. The van der Waals surface area contributed by atoms with E-state index in [0.29, 0.717) is 5.92 Å². The fraction of sp³-hybridized carbons (Fsp3) is 0.588. The number of carbonyl (C=O) groups is 1. The number of aromatic nitrogens is 3. The maximum atomic E-state index is 12.5. The number of carbonyl (C=O) groups excluding carboxylic acids is 1. The second-order valence-electron chi connectivity index (χ2n) is 6.66. The molecule has 2 amide bonds. The lowest BCUT2D eigenvalue weighted by Crippen LogP contribution is -2.42. The summed E-state index contributed by atoms with van der Waals surface area (Å²) in [6.45, 7) is 2.57. The molecule has 0 aliphatic carbocycles. The number of nitrogens with one attached hydrogen (secondary N) is 1. The SMILES string of the molecule is O=C(Nc1ccsc1)N1CCCC(c2nnc3n2CCCCC3)C1. The highest BCUT2D eigenvalue weighted by molar-refractivity contribution is 7.08. The van der Waals surface area contributed by atoms with Crippen LogP contribution in [0.2, 0.25) is 0 Å². The van der Waals surface area contributed by atoms with Crippen LogP contribution < -0.4 is 5.32 Å². The van der Waals surface area contributed by atoms with Gasteiger partial charge in [-0.15, -0.1) is 10.2 Å². The van der Waals surface area contributed by atoms with Crippen molar-refractivity contribution < 1.29 is 4.79 Å².